The van der Waals surface area contributed by atoms with Gasteiger partial charge in [-0.3, -0.25) is 0 Å². The molecule has 0 saturated heterocycles. The van der Waals surface area contributed by atoms with Crippen LogP contribution in [0.2, 0.25) is 0 Å². The van der Waals surface area contributed by atoms with Crippen LogP contribution in [0.4, 0.5) is 0 Å². The monoisotopic (exact) mass is 491 g/mol. The summed E-state index contributed by atoms with van der Waals surface area (Å²) in [5.74, 6) is 1.40. The van der Waals surface area contributed by atoms with Gasteiger partial charge in [-0.05, 0) is 55.6 Å². The fourth-order valence-electron chi connectivity index (χ4n) is 4.36. The molecule has 36 heavy (non-hydrogen) atoms. The van der Waals surface area contributed by atoms with Gasteiger partial charge >= 0.3 is 0 Å². The van der Waals surface area contributed by atoms with Crippen molar-refractivity contribution in [2.45, 2.75) is 104 Å². The van der Waals surface area contributed by atoms with Crippen LogP contribution in [0.3, 0.4) is 0 Å². The Hall–Kier alpha value is -2.82. The topological polar surface area (TPSA) is 65.7 Å². The van der Waals surface area contributed by atoms with E-state index >= 15 is 0 Å². The number of allylic oxidation sites excluding steroid dienone is 1. The summed E-state index contributed by atoms with van der Waals surface area (Å²) in [7, 11) is 0. The molecule has 0 atom stereocenters. The smallest absolute Gasteiger partial charge is 0.130 e. The van der Waals surface area contributed by atoms with Crippen LogP contribution < -0.4 is 10.6 Å². The quantitative estimate of drug-likeness (QED) is 0.107. The first kappa shape index (κ1) is 29.4. The second-order valence-corrected chi connectivity index (χ2v) is 10.1. The fraction of sp³-hybridized carbons (Fsp3) is 0.548. The lowest BCUT2D eigenvalue weighted by atomic mass is 10.0. The zero-order chi connectivity index (χ0) is 26.2. The van der Waals surface area contributed by atoms with Crippen molar-refractivity contribution in [1.29, 1.82) is 5.41 Å². The molecule has 0 saturated carbocycles. The fourth-order valence-corrected chi connectivity index (χ4v) is 4.36. The Kier molecular flexibility index (Phi) is 13.7. The van der Waals surface area contributed by atoms with Crippen molar-refractivity contribution in [1.82, 2.24) is 20.4 Å². The largest absolute Gasteiger partial charge is 0.385 e. The van der Waals surface area contributed by atoms with Gasteiger partial charge in [0.25, 0.3) is 0 Å². The van der Waals surface area contributed by atoms with Crippen molar-refractivity contribution in [3.8, 4) is 0 Å². The molecule has 5 nitrogen and oxygen atoms in total. The SMILES string of the molecule is C=C(/C=C(/NCc1ccccc1)n1ncc(C(C)C)c1CCCC)NCCCCCCC(=N)CCC. The molecule has 0 aliphatic carbocycles. The van der Waals surface area contributed by atoms with Crippen LogP contribution >= 0.6 is 0 Å². The Morgan fingerprint density at radius 1 is 1.00 bits per heavy atom. The highest BCUT2D eigenvalue weighted by atomic mass is 15.3. The second-order valence-electron chi connectivity index (χ2n) is 10.1. The highest BCUT2D eigenvalue weighted by molar-refractivity contribution is 5.81. The van der Waals surface area contributed by atoms with Crippen molar-refractivity contribution in [2.24, 2.45) is 0 Å². The lowest BCUT2D eigenvalue weighted by molar-refractivity contribution is 0.626. The number of unbranched alkanes of at least 4 members (excludes halogenated alkanes) is 4. The van der Waals surface area contributed by atoms with Crippen molar-refractivity contribution in [3.05, 3.63) is 71.7 Å². The number of nitrogens with zero attached hydrogens (tertiary/aromatic N) is 2. The Balaban J connectivity index is 2.03. The third-order valence-corrected chi connectivity index (χ3v) is 6.46. The summed E-state index contributed by atoms with van der Waals surface area (Å²) >= 11 is 0. The van der Waals surface area contributed by atoms with Gasteiger partial charge in [0.05, 0.1) is 6.20 Å². The highest BCUT2D eigenvalue weighted by Crippen LogP contribution is 2.23. The van der Waals surface area contributed by atoms with Gasteiger partial charge in [-0.2, -0.15) is 5.10 Å². The van der Waals surface area contributed by atoms with Gasteiger partial charge in [-0.25, -0.2) is 4.68 Å². The number of rotatable bonds is 19. The molecule has 0 radical (unpaired) electrons. The summed E-state index contributed by atoms with van der Waals surface area (Å²) in [6.07, 6.45) is 15.0. The summed E-state index contributed by atoms with van der Waals surface area (Å²) in [6, 6.07) is 10.5. The van der Waals surface area contributed by atoms with E-state index in [4.69, 9.17) is 10.5 Å². The van der Waals surface area contributed by atoms with Gasteiger partial charge in [0, 0.05) is 36.3 Å². The molecular formula is C31H49N5. The molecule has 0 aliphatic rings. The van der Waals surface area contributed by atoms with E-state index in [0.717, 1.165) is 81.7 Å². The lowest BCUT2D eigenvalue weighted by Crippen LogP contribution is -2.22. The first-order chi connectivity index (χ1) is 17.5. The molecule has 0 amide bonds. The number of benzene rings is 1. The van der Waals surface area contributed by atoms with Crippen molar-refractivity contribution < 1.29 is 0 Å². The summed E-state index contributed by atoms with van der Waals surface area (Å²) in [5, 5.41) is 19.9. The molecule has 3 N–H and O–H groups in total. The molecule has 1 aromatic carbocycles. The minimum atomic E-state index is 0.438. The van der Waals surface area contributed by atoms with Crippen LogP contribution in [0.5, 0.6) is 0 Å². The average Bonchev–Trinajstić information content (AvgIpc) is 3.29. The molecule has 5 heteroatoms. The van der Waals surface area contributed by atoms with Gasteiger partial charge in [-0.15, -0.1) is 0 Å². The zero-order valence-corrected chi connectivity index (χ0v) is 23.2. The third kappa shape index (κ3) is 10.4. The predicted molar refractivity (Wildman–Crippen MR) is 155 cm³/mol. The molecule has 0 spiro atoms. The maximum absolute atomic E-state index is 7.92. The molecule has 0 unspecified atom stereocenters. The van der Waals surface area contributed by atoms with E-state index in [1.165, 1.54) is 29.7 Å². The van der Waals surface area contributed by atoms with E-state index in [0.29, 0.717) is 5.92 Å². The van der Waals surface area contributed by atoms with Crippen LogP contribution in [0.25, 0.3) is 5.82 Å². The van der Waals surface area contributed by atoms with Gasteiger partial charge in [0.1, 0.15) is 5.82 Å². The second kappa shape index (κ2) is 16.8. The third-order valence-electron chi connectivity index (χ3n) is 6.46. The maximum Gasteiger partial charge on any atom is 0.130 e. The van der Waals surface area contributed by atoms with E-state index in [9.17, 15) is 0 Å². The number of hydrogen-bond acceptors (Lipinski definition) is 4. The average molecular weight is 492 g/mol. The zero-order valence-electron chi connectivity index (χ0n) is 23.2. The molecule has 1 heterocycles. The molecule has 2 aromatic rings. The minimum absolute atomic E-state index is 0.438. The van der Waals surface area contributed by atoms with Gasteiger partial charge in [0.2, 0.25) is 0 Å². The van der Waals surface area contributed by atoms with Crippen LogP contribution in [-0.4, -0.2) is 22.0 Å². The Bertz CT molecular complexity index is 939. The number of hydrogen-bond donors (Lipinski definition) is 3. The Morgan fingerprint density at radius 2 is 1.75 bits per heavy atom. The van der Waals surface area contributed by atoms with Gasteiger partial charge in [0.15, 0.2) is 0 Å². The molecular weight excluding hydrogens is 442 g/mol. The van der Waals surface area contributed by atoms with Crippen LogP contribution in [0, 0.1) is 5.41 Å². The minimum Gasteiger partial charge on any atom is -0.385 e. The first-order valence-corrected chi connectivity index (χ1v) is 14.0. The van der Waals surface area contributed by atoms with E-state index in [2.05, 4.69) is 79.9 Å². The summed E-state index contributed by atoms with van der Waals surface area (Å²) in [5.41, 5.74) is 5.66. The van der Waals surface area contributed by atoms with Crippen LogP contribution in [-0.2, 0) is 13.0 Å². The normalized spacial score (nSPS) is 11.6. The van der Waals surface area contributed by atoms with Gasteiger partial charge < -0.3 is 16.0 Å². The lowest BCUT2D eigenvalue weighted by Gasteiger charge is -2.17. The molecule has 0 aliphatic heterocycles. The van der Waals surface area contributed by atoms with E-state index in [1.807, 2.05) is 12.3 Å². The molecule has 1 aromatic heterocycles. The Morgan fingerprint density at radius 3 is 2.44 bits per heavy atom. The highest BCUT2D eigenvalue weighted by Gasteiger charge is 2.16. The first-order valence-electron chi connectivity index (χ1n) is 14.0. The number of nitrogens with one attached hydrogen (secondary N) is 3. The van der Waals surface area contributed by atoms with Crippen molar-refractivity contribution in [2.75, 3.05) is 6.54 Å². The van der Waals surface area contributed by atoms with Gasteiger partial charge in [-0.1, -0.05) is 90.3 Å². The molecule has 0 bridgehead atoms. The standard InChI is InChI=1S/C31H49N5/c1-6-8-20-30-29(25(3)4)24-35-36(30)31(34-23-27-17-12-11-13-18-27)22-26(5)33-21-15-10-9-14-19-28(32)16-7-2/h11-13,17-18,22,24-25,32-34H,5-10,14-16,19-21,23H2,1-4H3/b31-22-,32-28?. The van der Waals surface area contributed by atoms with E-state index in [-0.39, 0.29) is 0 Å². The van der Waals surface area contributed by atoms with Crippen LogP contribution in [0.1, 0.15) is 108 Å². The van der Waals surface area contributed by atoms with Crippen molar-refractivity contribution in [3.63, 3.8) is 0 Å². The van der Waals surface area contributed by atoms with E-state index in [1.54, 1.807) is 0 Å². The molecule has 2 rings (SSSR count). The predicted octanol–water partition coefficient (Wildman–Crippen LogP) is 7.81. The summed E-state index contributed by atoms with van der Waals surface area (Å²) in [4.78, 5) is 0. The number of aromatic nitrogens is 2. The van der Waals surface area contributed by atoms with Crippen molar-refractivity contribution >= 4 is 11.5 Å². The van der Waals surface area contributed by atoms with Crippen LogP contribution in [0.15, 0.2) is 54.9 Å². The Labute approximate surface area is 220 Å². The van der Waals surface area contributed by atoms with E-state index < -0.39 is 0 Å². The maximum atomic E-state index is 7.92. The molecule has 198 valence electrons. The summed E-state index contributed by atoms with van der Waals surface area (Å²) in [6.45, 7) is 14.8. The summed E-state index contributed by atoms with van der Waals surface area (Å²) < 4.78 is 2.09. The molecule has 0 fully saturated rings.